The van der Waals surface area contributed by atoms with Gasteiger partial charge in [-0.2, -0.15) is 0 Å². The molecule has 17 heavy (non-hydrogen) atoms. The van der Waals surface area contributed by atoms with Gasteiger partial charge in [0.15, 0.2) is 0 Å². The molecule has 0 spiro atoms. The lowest BCUT2D eigenvalue weighted by atomic mass is 10.1. The molecule has 0 amide bonds. The molecule has 1 heterocycles. The Balaban J connectivity index is 1.82. The number of benzene rings is 1. The van der Waals surface area contributed by atoms with Crippen molar-refractivity contribution in [1.29, 1.82) is 0 Å². The highest BCUT2D eigenvalue weighted by atomic mass is 17.2. The van der Waals surface area contributed by atoms with Crippen LogP contribution in [0.5, 0.6) is 0 Å². The first-order chi connectivity index (χ1) is 8.33. The van der Waals surface area contributed by atoms with E-state index in [4.69, 9.17) is 9.78 Å². The van der Waals surface area contributed by atoms with E-state index in [9.17, 15) is 0 Å². The van der Waals surface area contributed by atoms with Crippen molar-refractivity contribution in [3.05, 3.63) is 53.1 Å². The molecular formula is C15H16O2. The SMILES string of the molecule is C/C(C=C1[C@@H]2CC[C@H]1OO2)=C\c1ccccc1. The summed E-state index contributed by atoms with van der Waals surface area (Å²) in [6, 6.07) is 10.4. The van der Waals surface area contributed by atoms with E-state index >= 15 is 0 Å². The van der Waals surface area contributed by atoms with Gasteiger partial charge in [0.2, 0.25) is 0 Å². The van der Waals surface area contributed by atoms with E-state index in [2.05, 4.69) is 43.3 Å². The monoisotopic (exact) mass is 228 g/mol. The topological polar surface area (TPSA) is 18.5 Å². The van der Waals surface area contributed by atoms with Crippen LogP contribution in [0.3, 0.4) is 0 Å². The van der Waals surface area contributed by atoms with E-state index < -0.39 is 0 Å². The first kappa shape index (κ1) is 10.8. The number of hydrogen-bond donors (Lipinski definition) is 0. The van der Waals surface area contributed by atoms with Crippen LogP contribution < -0.4 is 0 Å². The predicted molar refractivity (Wildman–Crippen MR) is 67.2 cm³/mol. The Morgan fingerprint density at radius 1 is 1.12 bits per heavy atom. The van der Waals surface area contributed by atoms with Crippen molar-refractivity contribution in [3.8, 4) is 0 Å². The van der Waals surface area contributed by atoms with Gasteiger partial charge < -0.3 is 0 Å². The molecule has 2 fully saturated rings. The first-order valence-electron chi connectivity index (χ1n) is 6.10. The van der Waals surface area contributed by atoms with Gasteiger partial charge in [-0.1, -0.05) is 48.1 Å². The van der Waals surface area contributed by atoms with Crippen LogP contribution >= 0.6 is 0 Å². The van der Waals surface area contributed by atoms with E-state index in [1.54, 1.807) is 0 Å². The molecule has 2 heteroatoms. The molecule has 88 valence electrons. The Hall–Kier alpha value is -1.38. The highest BCUT2D eigenvalue weighted by Gasteiger charge is 2.39. The van der Waals surface area contributed by atoms with Crippen LogP contribution in [0.2, 0.25) is 0 Å². The molecule has 2 aliphatic rings. The summed E-state index contributed by atoms with van der Waals surface area (Å²) in [5, 5.41) is 0. The average molecular weight is 228 g/mol. The minimum atomic E-state index is 0.194. The van der Waals surface area contributed by atoms with E-state index in [1.165, 1.54) is 16.7 Å². The summed E-state index contributed by atoms with van der Waals surface area (Å²) in [6.45, 7) is 2.12. The van der Waals surface area contributed by atoms with Crippen LogP contribution in [0.25, 0.3) is 6.08 Å². The molecule has 0 aromatic heterocycles. The van der Waals surface area contributed by atoms with E-state index in [-0.39, 0.29) is 12.2 Å². The molecule has 2 nitrogen and oxygen atoms in total. The molecule has 1 aliphatic heterocycles. The zero-order valence-electron chi connectivity index (χ0n) is 9.93. The number of fused-ring (bicyclic) bond motifs is 2. The Morgan fingerprint density at radius 2 is 1.76 bits per heavy atom. The van der Waals surface area contributed by atoms with Gasteiger partial charge >= 0.3 is 0 Å². The van der Waals surface area contributed by atoms with Gasteiger partial charge in [0.05, 0.1) is 0 Å². The molecule has 2 atom stereocenters. The second kappa shape index (κ2) is 4.47. The largest absolute Gasteiger partial charge is 0.228 e. The fourth-order valence-electron chi connectivity index (χ4n) is 2.49. The summed E-state index contributed by atoms with van der Waals surface area (Å²) in [5.41, 5.74) is 3.78. The summed E-state index contributed by atoms with van der Waals surface area (Å²) in [4.78, 5) is 10.4. The smallest absolute Gasteiger partial charge is 0.117 e. The molecule has 1 aromatic carbocycles. The number of rotatable bonds is 2. The molecule has 0 N–H and O–H groups in total. The second-order valence-electron chi connectivity index (χ2n) is 4.69. The third-order valence-electron chi connectivity index (χ3n) is 3.31. The van der Waals surface area contributed by atoms with E-state index in [1.807, 2.05) is 6.07 Å². The first-order valence-corrected chi connectivity index (χ1v) is 6.10. The summed E-state index contributed by atoms with van der Waals surface area (Å²) in [5.74, 6) is 0. The molecule has 1 aromatic rings. The van der Waals surface area contributed by atoms with Crippen LogP contribution in [-0.4, -0.2) is 12.2 Å². The van der Waals surface area contributed by atoms with Crippen molar-refractivity contribution < 1.29 is 9.78 Å². The van der Waals surface area contributed by atoms with Gasteiger partial charge in [0.25, 0.3) is 0 Å². The van der Waals surface area contributed by atoms with Crippen molar-refractivity contribution in [1.82, 2.24) is 0 Å². The summed E-state index contributed by atoms with van der Waals surface area (Å²) >= 11 is 0. The van der Waals surface area contributed by atoms with Crippen LogP contribution in [0.1, 0.15) is 25.3 Å². The maximum atomic E-state index is 5.22. The van der Waals surface area contributed by atoms with Gasteiger partial charge in [-0.3, -0.25) is 0 Å². The van der Waals surface area contributed by atoms with Crippen molar-refractivity contribution >= 4 is 6.08 Å². The lowest BCUT2D eigenvalue weighted by molar-refractivity contribution is -0.315. The normalized spacial score (nSPS) is 30.2. The zero-order valence-corrected chi connectivity index (χ0v) is 9.93. The number of hydrogen-bond acceptors (Lipinski definition) is 2. The van der Waals surface area contributed by atoms with E-state index in [0.29, 0.717) is 0 Å². The van der Waals surface area contributed by atoms with Crippen molar-refractivity contribution in [2.24, 2.45) is 0 Å². The summed E-state index contributed by atoms with van der Waals surface area (Å²) in [7, 11) is 0. The molecular weight excluding hydrogens is 212 g/mol. The molecule has 3 rings (SSSR count). The van der Waals surface area contributed by atoms with Crippen LogP contribution in [0, 0.1) is 0 Å². The third kappa shape index (κ3) is 2.19. The van der Waals surface area contributed by atoms with Crippen LogP contribution in [0.15, 0.2) is 47.6 Å². The third-order valence-corrected chi connectivity index (χ3v) is 3.31. The Bertz CT molecular complexity index is 437. The molecule has 2 bridgehead atoms. The van der Waals surface area contributed by atoms with Gasteiger partial charge in [-0.15, -0.1) is 0 Å². The maximum Gasteiger partial charge on any atom is 0.117 e. The Morgan fingerprint density at radius 3 is 2.35 bits per heavy atom. The van der Waals surface area contributed by atoms with Gasteiger partial charge in [0, 0.05) is 0 Å². The zero-order chi connectivity index (χ0) is 11.7. The van der Waals surface area contributed by atoms with Gasteiger partial charge in [-0.05, 0) is 30.9 Å². The van der Waals surface area contributed by atoms with Crippen molar-refractivity contribution in [2.45, 2.75) is 32.0 Å². The molecule has 1 saturated heterocycles. The molecule has 0 radical (unpaired) electrons. The summed E-state index contributed by atoms with van der Waals surface area (Å²) < 4.78 is 0. The molecule has 1 saturated carbocycles. The Labute approximate surface area is 101 Å². The fraction of sp³-hybridized carbons (Fsp3) is 0.333. The van der Waals surface area contributed by atoms with Crippen LogP contribution in [0.4, 0.5) is 0 Å². The van der Waals surface area contributed by atoms with Crippen molar-refractivity contribution in [2.75, 3.05) is 0 Å². The highest BCUT2D eigenvalue weighted by Crippen LogP contribution is 2.38. The van der Waals surface area contributed by atoms with Crippen molar-refractivity contribution in [3.63, 3.8) is 0 Å². The van der Waals surface area contributed by atoms with E-state index in [0.717, 1.165) is 12.8 Å². The molecule has 0 unspecified atom stereocenters. The Kier molecular flexibility index (Phi) is 2.83. The van der Waals surface area contributed by atoms with Crippen LogP contribution in [-0.2, 0) is 9.78 Å². The second-order valence-corrected chi connectivity index (χ2v) is 4.69. The summed E-state index contributed by atoms with van der Waals surface area (Å²) in [6.07, 6.45) is 6.97. The number of allylic oxidation sites excluding steroid dienone is 2. The lowest BCUT2D eigenvalue weighted by Crippen LogP contribution is -2.05. The lowest BCUT2D eigenvalue weighted by Gasteiger charge is -2.05. The standard InChI is InChI=1S/C15H16O2/c1-11(9-12-5-3-2-4-6-12)10-13-14-7-8-15(13)17-16-14/h2-6,9-10,14-15H,7-8H2,1H3/b11-9+,13-10?/t14-,15+. The minimum absolute atomic E-state index is 0.194. The minimum Gasteiger partial charge on any atom is -0.228 e. The quantitative estimate of drug-likeness (QED) is 0.721. The predicted octanol–water partition coefficient (Wildman–Crippen LogP) is 3.51. The van der Waals surface area contributed by atoms with Gasteiger partial charge in [-0.25, -0.2) is 9.78 Å². The molecule has 1 aliphatic carbocycles. The van der Waals surface area contributed by atoms with Gasteiger partial charge in [0.1, 0.15) is 12.2 Å². The maximum absolute atomic E-state index is 5.22. The highest BCUT2D eigenvalue weighted by molar-refractivity contribution is 5.55. The average Bonchev–Trinajstić information content (AvgIpc) is 2.90. The fourth-order valence-corrected chi connectivity index (χ4v) is 2.49.